The van der Waals surface area contributed by atoms with Gasteiger partial charge in [-0.15, -0.1) is 0 Å². The van der Waals surface area contributed by atoms with Gasteiger partial charge in [-0.05, 0) is 61.1 Å². The SMILES string of the molecule is O=S(=O)(c1c(F)c(F)c(F)c(F)c1F)N(Cc1cc(-c2ccc3ncnc(NC4CC4)c3c2)ccc1F)C1CC1. The van der Waals surface area contributed by atoms with E-state index in [1.54, 1.807) is 18.2 Å². The lowest BCUT2D eigenvalue weighted by Gasteiger charge is -2.23. The number of benzene rings is 3. The van der Waals surface area contributed by atoms with Gasteiger partial charge < -0.3 is 5.32 Å². The molecule has 0 spiro atoms. The van der Waals surface area contributed by atoms with Crippen molar-refractivity contribution in [2.24, 2.45) is 0 Å². The largest absolute Gasteiger partial charge is 0.367 e. The van der Waals surface area contributed by atoms with Crippen LogP contribution in [0.3, 0.4) is 0 Å². The molecule has 40 heavy (non-hydrogen) atoms. The average Bonchev–Trinajstić information content (AvgIpc) is 3.86. The first kappa shape index (κ1) is 26.5. The number of nitrogens with one attached hydrogen (secondary N) is 1. The fraction of sp³-hybridized carbons (Fsp3) is 0.259. The van der Waals surface area contributed by atoms with Gasteiger partial charge in [0.05, 0.1) is 5.52 Å². The number of hydrogen-bond acceptors (Lipinski definition) is 5. The normalized spacial score (nSPS) is 15.7. The molecule has 1 N–H and O–H groups in total. The first-order chi connectivity index (χ1) is 19.1. The number of aromatic nitrogens is 2. The second-order valence-corrected chi connectivity index (χ2v) is 11.7. The molecule has 2 aliphatic rings. The van der Waals surface area contributed by atoms with Crippen LogP contribution in [-0.4, -0.2) is 34.8 Å². The Bertz CT molecular complexity index is 1750. The van der Waals surface area contributed by atoms with Gasteiger partial charge >= 0.3 is 0 Å². The zero-order chi connectivity index (χ0) is 28.3. The summed E-state index contributed by atoms with van der Waals surface area (Å²) in [6, 6.07) is 8.84. The molecule has 0 saturated heterocycles. The van der Waals surface area contributed by atoms with Crippen molar-refractivity contribution in [3.05, 3.63) is 83.2 Å². The van der Waals surface area contributed by atoms with E-state index in [0.29, 0.717) is 32.8 Å². The summed E-state index contributed by atoms with van der Waals surface area (Å²) in [5.74, 6) is -12.3. The van der Waals surface area contributed by atoms with Crippen molar-refractivity contribution in [2.75, 3.05) is 5.32 Å². The van der Waals surface area contributed by atoms with Crippen LogP contribution in [0.15, 0.2) is 47.6 Å². The third-order valence-electron chi connectivity index (χ3n) is 6.95. The summed E-state index contributed by atoms with van der Waals surface area (Å²) < 4.78 is 112. The van der Waals surface area contributed by atoms with Crippen LogP contribution in [0.5, 0.6) is 0 Å². The standard InChI is InChI=1S/C27H20F6N4O2S/c28-19-7-1-13(14-2-8-20-18(10-14)27(35-12-34-20)36-16-3-4-16)9-15(19)11-37(17-5-6-17)40(38,39)26-24(32)22(30)21(29)23(31)25(26)33/h1-2,7-10,12,16-17H,3-6,11H2,(H,34,35,36). The Labute approximate surface area is 224 Å². The van der Waals surface area contributed by atoms with E-state index in [9.17, 15) is 34.8 Å². The van der Waals surface area contributed by atoms with Crippen LogP contribution in [-0.2, 0) is 16.6 Å². The minimum atomic E-state index is -5.25. The topological polar surface area (TPSA) is 75.2 Å². The average molecular weight is 579 g/mol. The molecule has 6 nitrogen and oxygen atoms in total. The molecule has 0 radical (unpaired) electrons. The molecular weight excluding hydrogens is 558 g/mol. The summed E-state index contributed by atoms with van der Waals surface area (Å²) in [5, 5.41) is 4.06. The van der Waals surface area contributed by atoms with Crippen LogP contribution in [0.25, 0.3) is 22.0 Å². The van der Waals surface area contributed by atoms with E-state index in [1.165, 1.54) is 18.5 Å². The van der Waals surface area contributed by atoms with Crippen molar-refractivity contribution >= 4 is 26.7 Å². The first-order valence-electron chi connectivity index (χ1n) is 12.4. The second-order valence-electron chi connectivity index (χ2n) is 9.86. The Hall–Kier alpha value is -3.71. The lowest BCUT2D eigenvalue weighted by atomic mass is 10.0. The number of halogens is 6. The predicted octanol–water partition coefficient (Wildman–Crippen LogP) is 6.06. The third kappa shape index (κ3) is 4.66. The molecule has 4 aromatic rings. The molecule has 6 rings (SSSR count). The molecule has 1 heterocycles. The van der Waals surface area contributed by atoms with E-state index in [2.05, 4.69) is 15.3 Å². The fourth-order valence-electron chi connectivity index (χ4n) is 4.52. The molecule has 0 amide bonds. The molecule has 13 heteroatoms. The lowest BCUT2D eigenvalue weighted by Crippen LogP contribution is -2.34. The van der Waals surface area contributed by atoms with Crippen LogP contribution in [0.2, 0.25) is 0 Å². The van der Waals surface area contributed by atoms with Gasteiger partial charge in [0.25, 0.3) is 0 Å². The highest BCUT2D eigenvalue weighted by molar-refractivity contribution is 7.89. The van der Waals surface area contributed by atoms with E-state index in [1.807, 2.05) is 0 Å². The summed E-state index contributed by atoms with van der Waals surface area (Å²) in [7, 11) is -5.25. The van der Waals surface area contributed by atoms with Gasteiger partial charge in [0, 0.05) is 29.6 Å². The van der Waals surface area contributed by atoms with Crippen LogP contribution in [0.1, 0.15) is 31.2 Å². The van der Waals surface area contributed by atoms with Crippen LogP contribution >= 0.6 is 0 Å². The minimum absolute atomic E-state index is 0.141. The molecule has 0 atom stereocenters. The number of sulfonamides is 1. The summed E-state index contributed by atoms with van der Waals surface area (Å²) >= 11 is 0. The molecule has 0 aliphatic heterocycles. The summed E-state index contributed by atoms with van der Waals surface area (Å²) in [4.78, 5) is 6.62. The number of rotatable bonds is 8. The molecule has 3 aromatic carbocycles. The number of fused-ring (bicyclic) bond motifs is 1. The van der Waals surface area contributed by atoms with Crippen LogP contribution in [0, 0.1) is 34.9 Å². The summed E-state index contributed by atoms with van der Waals surface area (Å²) in [5.41, 5.74) is 1.68. The number of nitrogens with zero attached hydrogens (tertiary/aromatic N) is 3. The van der Waals surface area contributed by atoms with Crippen molar-refractivity contribution in [1.82, 2.24) is 14.3 Å². The monoisotopic (exact) mass is 578 g/mol. The van der Waals surface area contributed by atoms with Crippen LogP contribution in [0.4, 0.5) is 32.2 Å². The predicted molar refractivity (Wildman–Crippen MR) is 134 cm³/mol. The molecule has 2 aliphatic carbocycles. The lowest BCUT2D eigenvalue weighted by molar-refractivity contribution is 0.345. The summed E-state index contributed by atoms with van der Waals surface area (Å²) in [6.45, 7) is -0.683. The molecule has 0 unspecified atom stereocenters. The highest BCUT2D eigenvalue weighted by Gasteiger charge is 2.43. The molecule has 1 aromatic heterocycles. The maximum atomic E-state index is 15.0. The maximum Gasteiger partial charge on any atom is 0.249 e. The van der Waals surface area contributed by atoms with Crippen molar-refractivity contribution in [3.8, 4) is 11.1 Å². The van der Waals surface area contributed by atoms with E-state index in [0.717, 1.165) is 24.3 Å². The van der Waals surface area contributed by atoms with E-state index in [4.69, 9.17) is 0 Å². The molecular formula is C27H20F6N4O2S. The van der Waals surface area contributed by atoms with Crippen molar-refractivity contribution in [3.63, 3.8) is 0 Å². The Morgan fingerprint density at radius 3 is 2.08 bits per heavy atom. The number of hydrogen-bond donors (Lipinski definition) is 1. The van der Waals surface area contributed by atoms with Crippen molar-refractivity contribution in [2.45, 2.75) is 49.2 Å². The molecule has 0 bridgehead atoms. The summed E-state index contributed by atoms with van der Waals surface area (Å²) in [6.07, 6.45) is 4.05. The van der Waals surface area contributed by atoms with Gasteiger partial charge in [0.1, 0.15) is 18.0 Å². The zero-order valence-corrected chi connectivity index (χ0v) is 21.4. The Balaban J connectivity index is 1.38. The van der Waals surface area contributed by atoms with E-state index < -0.39 is 62.4 Å². The third-order valence-corrected chi connectivity index (χ3v) is 8.87. The van der Waals surface area contributed by atoms with Gasteiger partial charge in [0.2, 0.25) is 15.8 Å². The molecule has 208 valence electrons. The van der Waals surface area contributed by atoms with E-state index >= 15 is 0 Å². The maximum absolute atomic E-state index is 15.0. The van der Waals surface area contributed by atoms with Crippen LogP contribution < -0.4 is 5.32 Å². The molecule has 2 fully saturated rings. The Morgan fingerprint density at radius 1 is 0.800 bits per heavy atom. The highest BCUT2D eigenvalue weighted by Crippen LogP contribution is 2.38. The second kappa shape index (κ2) is 9.73. The Morgan fingerprint density at radius 2 is 1.43 bits per heavy atom. The van der Waals surface area contributed by atoms with Crippen molar-refractivity contribution in [1.29, 1.82) is 0 Å². The number of anilines is 1. The van der Waals surface area contributed by atoms with E-state index in [-0.39, 0.29) is 18.4 Å². The Kier molecular flexibility index (Phi) is 6.45. The van der Waals surface area contributed by atoms with Gasteiger partial charge in [-0.25, -0.2) is 44.7 Å². The van der Waals surface area contributed by atoms with Gasteiger partial charge in [-0.1, -0.05) is 12.1 Å². The van der Waals surface area contributed by atoms with Gasteiger partial charge in [-0.2, -0.15) is 4.31 Å². The van der Waals surface area contributed by atoms with Gasteiger partial charge in [0.15, 0.2) is 28.2 Å². The molecule has 2 saturated carbocycles. The smallest absolute Gasteiger partial charge is 0.249 e. The minimum Gasteiger partial charge on any atom is -0.367 e. The first-order valence-corrected chi connectivity index (χ1v) is 13.8. The van der Waals surface area contributed by atoms with Crippen molar-refractivity contribution < 1.29 is 34.8 Å². The van der Waals surface area contributed by atoms with Gasteiger partial charge in [-0.3, -0.25) is 0 Å². The highest BCUT2D eigenvalue weighted by atomic mass is 32.2. The zero-order valence-electron chi connectivity index (χ0n) is 20.6. The quantitative estimate of drug-likeness (QED) is 0.156. The fourth-order valence-corrected chi connectivity index (χ4v) is 6.30.